The van der Waals surface area contributed by atoms with Crippen LogP contribution in [-0.4, -0.2) is 38.0 Å². The van der Waals surface area contributed by atoms with Crippen LogP contribution in [0.2, 0.25) is 0 Å². The molecule has 0 radical (unpaired) electrons. The first kappa shape index (κ1) is 15.1. The number of hydrogen-bond acceptors (Lipinski definition) is 3. The largest absolute Gasteiger partial charge is 0.465 e. The van der Waals surface area contributed by atoms with E-state index >= 15 is 0 Å². The van der Waals surface area contributed by atoms with Gasteiger partial charge in [0, 0.05) is 13.1 Å². The van der Waals surface area contributed by atoms with Crippen molar-refractivity contribution in [3.05, 3.63) is 60.1 Å². The molecule has 1 amide bonds. The highest BCUT2D eigenvalue weighted by Gasteiger charge is 2.12. The van der Waals surface area contributed by atoms with Crippen LogP contribution in [0.1, 0.15) is 11.3 Å². The highest BCUT2D eigenvalue weighted by atomic mass is 16.3. The minimum absolute atomic E-state index is 0.0977. The number of nitrogens with one attached hydrogen (secondary N) is 1. The van der Waals surface area contributed by atoms with Gasteiger partial charge in [0.05, 0.1) is 11.8 Å². The number of rotatable bonds is 6. The van der Waals surface area contributed by atoms with Gasteiger partial charge in [-0.2, -0.15) is 0 Å². The van der Waals surface area contributed by atoms with Crippen LogP contribution in [0.3, 0.4) is 0 Å². The highest BCUT2D eigenvalue weighted by Crippen LogP contribution is 2.18. The summed E-state index contributed by atoms with van der Waals surface area (Å²) in [6, 6.07) is 13.2. The SMILES string of the molecule is CN(C)CCNC(=O)/C(=C/c1ccco1)c1ccccc1. The molecule has 2 aromatic rings. The van der Waals surface area contributed by atoms with E-state index in [1.54, 1.807) is 18.4 Å². The fourth-order valence-corrected chi connectivity index (χ4v) is 1.90. The van der Waals surface area contributed by atoms with E-state index in [1.807, 2.05) is 55.4 Å². The number of nitrogens with zero attached hydrogens (tertiary/aromatic N) is 1. The van der Waals surface area contributed by atoms with Crippen molar-refractivity contribution in [3.8, 4) is 0 Å². The predicted molar refractivity (Wildman–Crippen MR) is 84.6 cm³/mol. The van der Waals surface area contributed by atoms with Crippen LogP contribution < -0.4 is 5.32 Å². The maximum atomic E-state index is 12.4. The molecule has 0 aliphatic heterocycles. The molecule has 4 heteroatoms. The molecule has 21 heavy (non-hydrogen) atoms. The number of carbonyl (C=O) groups is 1. The first-order valence-electron chi connectivity index (χ1n) is 6.90. The summed E-state index contributed by atoms with van der Waals surface area (Å²) in [6.45, 7) is 1.41. The average Bonchev–Trinajstić information content (AvgIpc) is 2.98. The monoisotopic (exact) mass is 284 g/mol. The second-order valence-corrected chi connectivity index (χ2v) is 5.00. The minimum Gasteiger partial charge on any atom is -0.465 e. The minimum atomic E-state index is -0.0977. The smallest absolute Gasteiger partial charge is 0.252 e. The van der Waals surface area contributed by atoms with Gasteiger partial charge in [0.15, 0.2) is 0 Å². The van der Waals surface area contributed by atoms with E-state index in [2.05, 4.69) is 5.32 Å². The summed E-state index contributed by atoms with van der Waals surface area (Å²) in [5, 5.41) is 2.93. The van der Waals surface area contributed by atoms with Gasteiger partial charge in [-0.05, 0) is 37.9 Å². The van der Waals surface area contributed by atoms with Gasteiger partial charge < -0.3 is 14.6 Å². The zero-order valence-corrected chi connectivity index (χ0v) is 12.4. The van der Waals surface area contributed by atoms with Crippen LogP contribution in [0.25, 0.3) is 11.6 Å². The summed E-state index contributed by atoms with van der Waals surface area (Å²) in [6.07, 6.45) is 3.36. The lowest BCUT2D eigenvalue weighted by molar-refractivity contribution is -0.115. The Morgan fingerprint density at radius 1 is 1.19 bits per heavy atom. The van der Waals surface area contributed by atoms with Crippen molar-refractivity contribution in [3.63, 3.8) is 0 Å². The fourth-order valence-electron chi connectivity index (χ4n) is 1.90. The molecule has 0 spiro atoms. The van der Waals surface area contributed by atoms with Crippen molar-refractivity contribution in [2.24, 2.45) is 0 Å². The van der Waals surface area contributed by atoms with Crippen molar-refractivity contribution in [2.45, 2.75) is 0 Å². The van der Waals surface area contributed by atoms with Crippen molar-refractivity contribution in [1.82, 2.24) is 10.2 Å². The van der Waals surface area contributed by atoms with Gasteiger partial charge in [-0.15, -0.1) is 0 Å². The van der Waals surface area contributed by atoms with E-state index in [1.165, 1.54) is 0 Å². The van der Waals surface area contributed by atoms with Crippen LogP contribution in [0, 0.1) is 0 Å². The number of carbonyl (C=O) groups excluding carboxylic acids is 1. The van der Waals surface area contributed by atoms with E-state index in [4.69, 9.17) is 4.42 Å². The Hall–Kier alpha value is -2.33. The lowest BCUT2D eigenvalue weighted by atomic mass is 10.0. The number of furan rings is 1. The molecule has 1 N–H and O–H groups in total. The van der Waals surface area contributed by atoms with Gasteiger partial charge in [-0.1, -0.05) is 30.3 Å². The molecular formula is C17H20N2O2. The van der Waals surface area contributed by atoms with Crippen molar-refractivity contribution >= 4 is 17.6 Å². The molecule has 0 saturated heterocycles. The van der Waals surface area contributed by atoms with Gasteiger partial charge in [-0.25, -0.2) is 0 Å². The summed E-state index contributed by atoms with van der Waals surface area (Å²) in [7, 11) is 3.95. The third-order valence-electron chi connectivity index (χ3n) is 3.00. The number of amides is 1. The molecule has 2 rings (SSSR count). The molecule has 0 saturated carbocycles. The van der Waals surface area contributed by atoms with E-state index in [0.717, 1.165) is 12.1 Å². The maximum absolute atomic E-state index is 12.4. The van der Waals surface area contributed by atoms with E-state index in [9.17, 15) is 4.79 Å². The van der Waals surface area contributed by atoms with Gasteiger partial charge in [-0.3, -0.25) is 4.79 Å². The Balaban J connectivity index is 2.18. The van der Waals surface area contributed by atoms with Crippen molar-refractivity contribution in [1.29, 1.82) is 0 Å². The van der Waals surface area contributed by atoms with Crippen LogP contribution in [-0.2, 0) is 4.79 Å². The summed E-state index contributed by atoms with van der Waals surface area (Å²) in [4.78, 5) is 14.4. The van der Waals surface area contributed by atoms with Crippen molar-refractivity contribution in [2.75, 3.05) is 27.2 Å². The lowest BCUT2D eigenvalue weighted by Gasteiger charge is -2.12. The zero-order valence-electron chi connectivity index (χ0n) is 12.4. The topological polar surface area (TPSA) is 45.5 Å². The van der Waals surface area contributed by atoms with Crippen LogP contribution in [0.4, 0.5) is 0 Å². The Morgan fingerprint density at radius 3 is 2.57 bits per heavy atom. The molecule has 0 aliphatic rings. The Bertz CT molecular complexity index is 587. The Kier molecular flexibility index (Phi) is 5.35. The first-order chi connectivity index (χ1) is 10.2. The molecular weight excluding hydrogens is 264 g/mol. The zero-order chi connectivity index (χ0) is 15.1. The Morgan fingerprint density at radius 2 is 1.95 bits per heavy atom. The molecule has 110 valence electrons. The highest BCUT2D eigenvalue weighted by molar-refractivity contribution is 6.24. The fraction of sp³-hybridized carbons (Fsp3) is 0.235. The number of likely N-dealkylation sites (N-methyl/N-ethyl adjacent to an activating group) is 1. The summed E-state index contributed by atoms with van der Waals surface area (Å²) in [5.41, 5.74) is 1.47. The summed E-state index contributed by atoms with van der Waals surface area (Å²) in [5.74, 6) is 0.566. The molecule has 1 heterocycles. The molecule has 1 aromatic carbocycles. The third kappa shape index (κ3) is 4.61. The molecule has 0 unspecified atom stereocenters. The molecule has 4 nitrogen and oxygen atoms in total. The van der Waals surface area contributed by atoms with Crippen molar-refractivity contribution < 1.29 is 9.21 Å². The maximum Gasteiger partial charge on any atom is 0.252 e. The third-order valence-corrected chi connectivity index (χ3v) is 3.00. The molecule has 1 aromatic heterocycles. The molecule has 0 atom stereocenters. The normalized spacial score (nSPS) is 11.7. The second kappa shape index (κ2) is 7.45. The Labute approximate surface area is 125 Å². The molecule has 0 bridgehead atoms. The van der Waals surface area contributed by atoms with Gasteiger partial charge in [0.2, 0.25) is 0 Å². The predicted octanol–water partition coefficient (Wildman–Crippen LogP) is 2.50. The van der Waals surface area contributed by atoms with Crippen LogP contribution >= 0.6 is 0 Å². The average molecular weight is 284 g/mol. The summed E-state index contributed by atoms with van der Waals surface area (Å²) < 4.78 is 5.31. The van der Waals surface area contributed by atoms with E-state index < -0.39 is 0 Å². The first-order valence-corrected chi connectivity index (χ1v) is 6.90. The molecule has 0 fully saturated rings. The molecule has 0 aliphatic carbocycles. The van der Waals surface area contributed by atoms with E-state index in [-0.39, 0.29) is 5.91 Å². The standard InChI is InChI=1S/C17H20N2O2/c1-19(2)11-10-18-17(20)16(13-15-9-6-12-21-15)14-7-4-3-5-8-14/h3-9,12-13H,10-11H2,1-2H3,(H,18,20)/b16-13+. The van der Waals surface area contributed by atoms with Crippen LogP contribution in [0.15, 0.2) is 53.1 Å². The second-order valence-electron chi connectivity index (χ2n) is 5.00. The quantitative estimate of drug-likeness (QED) is 0.829. The lowest BCUT2D eigenvalue weighted by Crippen LogP contribution is -2.31. The van der Waals surface area contributed by atoms with E-state index in [0.29, 0.717) is 17.9 Å². The van der Waals surface area contributed by atoms with Gasteiger partial charge in [0.25, 0.3) is 5.91 Å². The number of benzene rings is 1. The number of hydrogen-bond donors (Lipinski definition) is 1. The van der Waals surface area contributed by atoms with Crippen LogP contribution in [0.5, 0.6) is 0 Å². The van der Waals surface area contributed by atoms with Gasteiger partial charge >= 0.3 is 0 Å². The van der Waals surface area contributed by atoms with Gasteiger partial charge in [0.1, 0.15) is 5.76 Å². The summed E-state index contributed by atoms with van der Waals surface area (Å²) >= 11 is 0.